The molecule has 2 aliphatic heterocycles. The van der Waals surface area contributed by atoms with Crippen molar-refractivity contribution in [3.8, 4) is 0 Å². The minimum atomic E-state index is 0. The smallest absolute Gasteiger partial charge is 0.236 e. The van der Waals surface area contributed by atoms with Crippen molar-refractivity contribution in [3.63, 3.8) is 0 Å². The number of hydrogen-bond acceptors (Lipinski definition) is 5. The first-order valence-corrected chi connectivity index (χ1v) is 11.3. The number of hydrogen-bond donors (Lipinski definition) is 1. The van der Waals surface area contributed by atoms with Crippen molar-refractivity contribution >= 4 is 47.2 Å². The highest BCUT2D eigenvalue weighted by atomic mass is 127. The van der Waals surface area contributed by atoms with Gasteiger partial charge in [0.05, 0.1) is 18.8 Å². The predicted octanol–water partition coefficient (Wildman–Crippen LogP) is 2.47. The number of nitrogens with one attached hydrogen (secondary N) is 1. The second kappa shape index (κ2) is 12.0. The molecule has 2 aliphatic rings. The van der Waals surface area contributed by atoms with Gasteiger partial charge in [0.1, 0.15) is 5.01 Å². The quantitative estimate of drug-likeness (QED) is 0.358. The van der Waals surface area contributed by atoms with Crippen LogP contribution in [0, 0.1) is 13.8 Å². The van der Waals surface area contributed by atoms with E-state index < -0.39 is 0 Å². The molecule has 3 heterocycles. The molecule has 0 atom stereocenters. The van der Waals surface area contributed by atoms with Crippen LogP contribution in [0.4, 0.5) is 0 Å². The highest BCUT2D eigenvalue weighted by molar-refractivity contribution is 14.0. The molecule has 0 unspecified atom stereocenters. The van der Waals surface area contributed by atoms with Crippen LogP contribution in [0.3, 0.4) is 0 Å². The van der Waals surface area contributed by atoms with E-state index in [0.29, 0.717) is 19.0 Å². The summed E-state index contributed by atoms with van der Waals surface area (Å²) in [6, 6.07) is 0. The van der Waals surface area contributed by atoms with E-state index in [1.807, 2.05) is 4.90 Å². The van der Waals surface area contributed by atoms with Crippen molar-refractivity contribution < 1.29 is 4.79 Å². The monoisotopic (exact) mass is 534 g/mol. The van der Waals surface area contributed by atoms with Crippen molar-refractivity contribution in [2.45, 2.75) is 46.6 Å². The van der Waals surface area contributed by atoms with Crippen molar-refractivity contribution in [2.75, 3.05) is 52.4 Å². The van der Waals surface area contributed by atoms with E-state index >= 15 is 0 Å². The van der Waals surface area contributed by atoms with E-state index in [1.54, 1.807) is 11.3 Å². The second-order valence-corrected chi connectivity index (χ2v) is 8.91. The molecule has 2 fully saturated rings. The Hall–Kier alpha value is -0.940. The number of aliphatic imine (C=N–C) groups is 1. The van der Waals surface area contributed by atoms with E-state index in [-0.39, 0.29) is 24.0 Å². The largest absolute Gasteiger partial charge is 0.357 e. The summed E-state index contributed by atoms with van der Waals surface area (Å²) >= 11 is 1.73. The first-order chi connectivity index (χ1) is 13.6. The molecule has 7 nitrogen and oxygen atoms in total. The number of amides is 1. The van der Waals surface area contributed by atoms with E-state index in [2.05, 4.69) is 40.9 Å². The average Bonchev–Trinajstić information content (AvgIpc) is 3.04. The summed E-state index contributed by atoms with van der Waals surface area (Å²) < 4.78 is 0. The number of piperazine rings is 1. The topological polar surface area (TPSA) is 64.1 Å². The lowest BCUT2D eigenvalue weighted by atomic mass is 10.1. The number of carbonyl (C=O) groups excluding carboxylic acids is 1. The minimum absolute atomic E-state index is 0. The Kier molecular flexibility index (Phi) is 10.1. The van der Waals surface area contributed by atoms with E-state index in [9.17, 15) is 4.79 Å². The molecule has 1 amide bonds. The zero-order valence-electron chi connectivity index (χ0n) is 17.9. The van der Waals surface area contributed by atoms with Crippen LogP contribution in [0.15, 0.2) is 4.99 Å². The third kappa shape index (κ3) is 7.06. The number of halogens is 1. The molecule has 1 aromatic rings. The standard InChI is InChI=1S/C20H34N6OS.HI/c1-4-21-20(22-14-18-23-16(2)17(3)28-18)26-12-10-24(11-13-26)15-19(27)25-8-6-5-7-9-25;/h4-15H2,1-3H3,(H,21,22);1H. The molecule has 9 heteroatoms. The summed E-state index contributed by atoms with van der Waals surface area (Å²) in [4.78, 5) is 29.8. The summed E-state index contributed by atoms with van der Waals surface area (Å²) in [6.45, 7) is 13.8. The second-order valence-electron chi connectivity index (χ2n) is 7.62. The zero-order valence-corrected chi connectivity index (χ0v) is 21.1. The van der Waals surface area contributed by atoms with Gasteiger partial charge in [-0.05, 0) is 40.0 Å². The summed E-state index contributed by atoms with van der Waals surface area (Å²) in [6.07, 6.45) is 3.56. The van der Waals surface area contributed by atoms with Crippen LogP contribution in [0.5, 0.6) is 0 Å². The van der Waals surface area contributed by atoms with Gasteiger partial charge < -0.3 is 15.1 Å². The van der Waals surface area contributed by atoms with Gasteiger partial charge in [0, 0.05) is 50.7 Å². The van der Waals surface area contributed by atoms with Gasteiger partial charge in [-0.25, -0.2) is 9.98 Å². The molecule has 164 valence electrons. The van der Waals surface area contributed by atoms with Crippen LogP contribution in [-0.4, -0.2) is 83.9 Å². The predicted molar refractivity (Wildman–Crippen MR) is 130 cm³/mol. The third-order valence-corrected chi connectivity index (χ3v) is 6.57. The normalized spacial score (nSPS) is 18.5. The van der Waals surface area contributed by atoms with E-state index in [0.717, 1.165) is 75.3 Å². The molecule has 0 saturated carbocycles. The number of rotatable bonds is 5. The zero-order chi connectivity index (χ0) is 19.9. The lowest BCUT2D eigenvalue weighted by molar-refractivity contribution is -0.133. The number of thiazole rings is 1. The molecule has 1 N–H and O–H groups in total. The maximum atomic E-state index is 12.5. The van der Waals surface area contributed by atoms with Crippen LogP contribution in [0.2, 0.25) is 0 Å². The van der Waals surface area contributed by atoms with Crippen molar-refractivity contribution in [1.82, 2.24) is 25.0 Å². The third-order valence-electron chi connectivity index (χ3n) is 5.51. The molecular formula is C20H35IN6OS. The van der Waals surface area contributed by atoms with Crippen molar-refractivity contribution in [2.24, 2.45) is 4.99 Å². The van der Waals surface area contributed by atoms with Gasteiger partial charge in [-0.2, -0.15) is 0 Å². The van der Waals surface area contributed by atoms with Gasteiger partial charge in [-0.1, -0.05) is 0 Å². The van der Waals surface area contributed by atoms with Crippen LogP contribution >= 0.6 is 35.3 Å². The van der Waals surface area contributed by atoms with Gasteiger partial charge in [0.15, 0.2) is 5.96 Å². The summed E-state index contributed by atoms with van der Waals surface area (Å²) in [5, 5.41) is 4.48. The Bertz CT molecular complexity index is 661. The van der Waals surface area contributed by atoms with Gasteiger partial charge in [0.2, 0.25) is 5.91 Å². The van der Waals surface area contributed by atoms with Crippen LogP contribution < -0.4 is 5.32 Å². The Morgan fingerprint density at radius 3 is 2.34 bits per heavy atom. The molecule has 1 aromatic heterocycles. The van der Waals surface area contributed by atoms with E-state index in [4.69, 9.17) is 4.99 Å². The fourth-order valence-corrected chi connectivity index (χ4v) is 4.59. The van der Waals surface area contributed by atoms with Crippen LogP contribution in [0.25, 0.3) is 0 Å². The first kappa shape index (κ1) is 24.3. The molecule has 29 heavy (non-hydrogen) atoms. The van der Waals surface area contributed by atoms with Gasteiger partial charge in [-0.15, -0.1) is 35.3 Å². The maximum Gasteiger partial charge on any atom is 0.236 e. The molecule has 2 saturated heterocycles. The van der Waals surface area contributed by atoms with Crippen molar-refractivity contribution in [3.05, 3.63) is 15.6 Å². The van der Waals surface area contributed by atoms with Gasteiger partial charge >= 0.3 is 0 Å². The minimum Gasteiger partial charge on any atom is -0.357 e. The molecular weight excluding hydrogens is 499 g/mol. The Morgan fingerprint density at radius 2 is 1.76 bits per heavy atom. The summed E-state index contributed by atoms with van der Waals surface area (Å²) in [5.41, 5.74) is 1.10. The first-order valence-electron chi connectivity index (χ1n) is 10.5. The number of nitrogens with zero attached hydrogens (tertiary/aromatic N) is 5. The number of carbonyl (C=O) groups is 1. The number of aryl methyl sites for hydroxylation is 2. The number of likely N-dealkylation sites (tertiary alicyclic amines) is 1. The van der Waals surface area contributed by atoms with Gasteiger partial charge in [0.25, 0.3) is 0 Å². The average molecular weight is 535 g/mol. The molecule has 0 aliphatic carbocycles. The Morgan fingerprint density at radius 1 is 1.07 bits per heavy atom. The van der Waals surface area contributed by atoms with Gasteiger partial charge in [-0.3, -0.25) is 9.69 Å². The molecule has 3 rings (SSSR count). The molecule has 0 bridgehead atoms. The fraction of sp³-hybridized carbons (Fsp3) is 0.750. The van der Waals surface area contributed by atoms with Crippen LogP contribution in [-0.2, 0) is 11.3 Å². The molecule has 0 spiro atoms. The van der Waals surface area contributed by atoms with E-state index in [1.165, 1.54) is 11.3 Å². The Balaban J connectivity index is 0.00000300. The Labute approximate surface area is 196 Å². The fourth-order valence-electron chi connectivity index (χ4n) is 3.73. The van der Waals surface area contributed by atoms with Crippen LogP contribution in [0.1, 0.15) is 41.8 Å². The number of guanidine groups is 1. The van der Waals surface area contributed by atoms with Crippen molar-refractivity contribution in [1.29, 1.82) is 0 Å². The highest BCUT2D eigenvalue weighted by Gasteiger charge is 2.24. The summed E-state index contributed by atoms with van der Waals surface area (Å²) in [5.74, 6) is 1.25. The lowest BCUT2D eigenvalue weighted by Crippen LogP contribution is -2.54. The maximum absolute atomic E-state index is 12.5. The summed E-state index contributed by atoms with van der Waals surface area (Å²) in [7, 11) is 0. The SMILES string of the molecule is CCNC(=NCc1nc(C)c(C)s1)N1CCN(CC(=O)N2CCCCC2)CC1.I. The number of aromatic nitrogens is 1. The number of piperidine rings is 1. The molecule has 0 aromatic carbocycles. The highest BCUT2D eigenvalue weighted by Crippen LogP contribution is 2.17. The lowest BCUT2D eigenvalue weighted by Gasteiger charge is -2.37. The molecule has 0 radical (unpaired) electrons.